The van der Waals surface area contributed by atoms with E-state index in [2.05, 4.69) is 10.3 Å². The highest BCUT2D eigenvalue weighted by Crippen LogP contribution is 2.41. The summed E-state index contributed by atoms with van der Waals surface area (Å²) in [6.45, 7) is 1.77. The van der Waals surface area contributed by atoms with E-state index in [1.54, 1.807) is 6.92 Å². The van der Waals surface area contributed by atoms with Crippen LogP contribution in [0, 0.1) is 5.82 Å². The molecule has 2 heterocycles. The summed E-state index contributed by atoms with van der Waals surface area (Å²) in [5.41, 5.74) is -1.69. The van der Waals surface area contributed by atoms with Gasteiger partial charge in [0.25, 0.3) is 5.91 Å². The van der Waals surface area contributed by atoms with Gasteiger partial charge in [-0.1, -0.05) is 25.2 Å². The molecule has 5 nitrogen and oxygen atoms in total. The van der Waals surface area contributed by atoms with Gasteiger partial charge in [0.1, 0.15) is 27.8 Å². The number of nitrogens with zero attached hydrogens (tertiary/aromatic N) is 2. The van der Waals surface area contributed by atoms with Gasteiger partial charge >= 0.3 is 6.18 Å². The molecule has 10 heteroatoms. The predicted octanol–water partition coefficient (Wildman–Crippen LogP) is 4.61. The minimum atomic E-state index is -4.60. The van der Waals surface area contributed by atoms with Crippen molar-refractivity contribution in [3.05, 3.63) is 71.0 Å². The number of benzene rings is 1. The number of nitrogens with one attached hydrogen (secondary N) is 1. The number of amides is 1. The zero-order valence-electron chi connectivity index (χ0n) is 16.6. The molecule has 1 amide bonds. The van der Waals surface area contributed by atoms with Crippen molar-refractivity contribution in [2.75, 3.05) is 18.9 Å². The van der Waals surface area contributed by atoms with Crippen LogP contribution in [0.1, 0.15) is 24.6 Å². The number of halogens is 4. The minimum absolute atomic E-state index is 0.0316. The Morgan fingerprint density at radius 1 is 1.26 bits per heavy atom. The number of carbonyl (C=O) groups excluding carboxylic acids is 1. The Morgan fingerprint density at radius 3 is 2.42 bits per heavy atom. The highest BCUT2D eigenvalue weighted by atomic mass is 32.1. The maximum absolute atomic E-state index is 13.1. The monoisotopic (exact) mass is 453 g/mol. The number of thiocarbonyl (C=S) groups is 1. The van der Waals surface area contributed by atoms with E-state index in [0.717, 1.165) is 12.3 Å². The number of alkyl halides is 3. The molecule has 1 aromatic carbocycles. The van der Waals surface area contributed by atoms with Crippen LogP contribution in [0.15, 0.2) is 53.9 Å². The van der Waals surface area contributed by atoms with Crippen molar-refractivity contribution >= 4 is 28.8 Å². The number of hydrogen-bond acceptors (Lipinski definition) is 4. The summed E-state index contributed by atoms with van der Waals surface area (Å²) in [5, 5.41) is 13.9. The zero-order chi connectivity index (χ0) is 23.0. The van der Waals surface area contributed by atoms with Crippen LogP contribution < -0.4 is 5.32 Å². The van der Waals surface area contributed by atoms with Crippen molar-refractivity contribution in [1.82, 2.24) is 9.88 Å². The second-order valence-corrected chi connectivity index (χ2v) is 7.62. The molecular formula is C21H19F4N3O2S. The normalized spacial score (nSPS) is 19.5. The molecule has 0 saturated heterocycles. The third kappa shape index (κ3) is 4.25. The Morgan fingerprint density at radius 2 is 1.90 bits per heavy atom. The van der Waals surface area contributed by atoms with Gasteiger partial charge in [-0.05, 0) is 42.3 Å². The first kappa shape index (κ1) is 22.7. The third-order valence-corrected chi connectivity index (χ3v) is 5.60. The molecule has 164 valence electrons. The molecule has 0 aliphatic carbocycles. The topological polar surface area (TPSA) is 65.5 Å². The van der Waals surface area contributed by atoms with E-state index in [-0.39, 0.29) is 29.3 Å². The second kappa shape index (κ2) is 8.26. The van der Waals surface area contributed by atoms with Crippen molar-refractivity contribution in [1.29, 1.82) is 0 Å². The van der Waals surface area contributed by atoms with E-state index in [9.17, 15) is 27.5 Å². The first-order valence-corrected chi connectivity index (χ1v) is 9.70. The summed E-state index contributed by atoms with van der Waals surface area (Å²) in [4.78, 5) is 17.6. The third-order valence-electron chi connectivity index (χ3n) is 5.30. The summed E-state index contributed by atoms with van der Waals surface area (Å²) in [6.07, 6.45) is -3.27. The molecule has 0 fully saturated rings. The molecule has 2 N–H and O–H groups in total. The fraction of sp³-hybridized carbons (Fsp3) is 0.286. The fourth-order valence-corrected chi connectivity index (χ4v) is 3.87. The lowest BCUT2D eigenvalue weighted by atomic mass is 9.73. The van der Waals surface area contributed by atoms with Crippen molar-refractivity contribution in [3.63, 3.8) is 0 Å². The minimum Gasteiger partial charge on any atom is -0.510 e. The fourth-order valence-electron chi connectivity index (χ4n) is 3.57. The van der Waals surface area contributed by atoms with E-state index >= 15 is 0 Å². The van der Waals surface area contributed by atoms with Gasteiger partial charge in [-0.2, -0.15) is 13.2 Å². The average Bonchev–Trinajstić information content (AvgIpc) is 2.72. The average molecular weight is 453 g/mol. The molecule has 1 atom stereocenters. The van der Waals surface area contributed by atoms with Gasteiger partial charge in [0.05, 0.1) is 5.41 Å². The molecular weight excluding hydrogens is 434 g/mol. The van der Waals surface area contributed by atoms with Gasteiger partial charge in [-0.15, -0.1) is 0 Å². The predicted molar refractivity (Wildman–Crippen MR) is 111 cm³/mol. The first-order valence-electron chi connectivity index (χ1n) is 9.29. The van der Waals surface area contributed by atoms with Crippen molar-refractivity contribution in [2.24, 2.45) is 0 Å². The van der Waals surface area contributed by atoms with Crippen LogP contribution in [0.5, 0.6) is 0 Å². The van der Waals surface area contributed by atoms with Gasteiger partial charge in [0.15, 0.2) is 0 Å². The van der Waals surface area contributed by atoms with Crippen LogP contribution in [0.4, 0.5) is 23.2 Å². The molecule has 1 aromatic heterocycles. The summed E-state index contributed by atoms with van der Waals surface area (Å²) in [6, 6.07) is 7.33. The smallest absolute Gasteiger partial charge is 0.433 e. The van der Waals surface area contributed by atoms with Crippen LogP contribution in [0.2, 0.25) is 0 Å². The van der Waals surface area contributed by atoms with Gasteiger partial charge in [-0.3, -0.25) is 9.78 Å². The Kier molecular flexibility index (Phi) is 6.04. The Balaban J connectivity index is 2.06. The first-order chi connectivity index (χ1) is 14.5. The summed E-state index contributed by atoms with van der Waals surface area (Å²) in [7, 11) is 1.51. The Hall–Kier alpha value is -3.01. The van der Waals surface area contributed by atoms with E-state index < -0.39 is 29.0 Å². The quantitative estimate of drug-likeness (QED) is 0.523. The lowest BCUT2D eigenvalue weighted by Crippen LogP contribution is -2.50. The largest absolute Gasteiger partial charge is 0.510 e. The van der Waals surface area contributed by atoms with Crippen molar-refractivity contribution < 1.29 is 27.5 Å². The summed E-state index contributed by atoms with van der Waals surface area (Å²) < 4.78 is 51.9. The SMILES string of the molecule is CCC1(c2ccc(C(F)(F)F)nc2)CN(C)C(=O)C(C(=S)Nc2ccc(F)cc2)=C1O. The van der Waals surface area contributed by atoms with Gasteiger partial charge in [0.2, 0.25) is 0 Å². The van der Waals surface area contributed by atoms with E-state index in [1.165, 1.54) is 42.3 Å². The van der Waals surface area contributed by atoms with Crippen LogP contribution in [0.25, 0.3) is 0 Å². The van der Waals surface area contributed by atoms with Crippen molar-refractivity contribution in [3.8, 4) is 0 Å². The number of pyridine rings is 1. The highest BCUT2D eigenvalue weighted by Gasteiger charge is 2.46. The second-order valence-electron chi connectivity index (χ2n) is 7.21. The van der Waals surface area contributed by atoms with Crippen molar-refractivity contribution in [2.45, 2.75) is 24.9 Å². The Bertz CT molecular complexity index is 1040. The van der Waals surface area contributed by atoms with Crippen LogP contribution in [-0.2, 0) is 16.4 Å². The van der Waals surface area contributed by atoms with Crippen LogP contribution >= 0.6 is 12.2 Å². The zero-order valence-corrected chi connectivity index (χ0v) is 17.4. The number of rotatable bonds is 4. The molecule has 0 bridgehead atoms. The number of likely N-dealkylation sites (N-methyl/N-ethyl adjacent to an activating group) is 1. The number of aromatic nitrogens is 1. The van der Waals surface area contributed by atoms with E-state index in [1.807, 2.05) is 0 Å². The molecule has 1 unspecified atom stereocenters. The van der Waals surface area contributed by atoms with E-state index in [0.29, 0.717) is 11.3 Å². The molecule has 0 spiro atoms. The van der Waals surface area contributed by atoms with Gasteiger partial charge in [0, 0.05) is 25.5 Å². The number of carbonyl (C=O) groups is 1. The van der Waals surface area contributed by atoms with Crippen LogP contribution in [-0.4, -0.2) is 39.5 Å². The maximum Gasteiger partial charge on any atom is 0.433 e. The highest BCUT2D eigenvalue weighted by molar-refractivity contribution is 7.81. The van der Waals surface area contributed by atoms with Crippen LogP contribution in [0.3, 0.4) is 0 Å². The Labute approximate surface area is 181 Å². The molecule has 0 radical (unpaired) electrons. The summed E-state index contributed by atoms with van der Waals surface area (Å²) >= 11 is 5.33. The van der Waals surface area contributed by atoms with Gasteiger partial charge < -0.3 is 15.3 Å². The number of aliphatic hydroxyl groups is 1. The van der Waals surface area contributed by atoms with E-state index in [4.69, 9.17) is 12.2 Å². The molecule has 0 saturated carbocycles. The lowest BCUT2D eigenvalue weighted by molar-refractivity contribution is -0.141. The maximum atomic E-state index is 13.1. The number of hydrogen-bond donors (Lipinski definition) is 2. The molecule has 31 heavy (non-hydrogen) atoms. The summed E-state index contributed by atoms with van der Waals surface area (Å²) in [5.74, 6) is -1.34. The standard InChI is InChI=1S/C21H19F4N3O2S/c1-3-20(12-4-9-15(26-10-12)21(23,24)25)11-28(2)19(30)16(17(20)29)18(31)27-14-7-5-13(22)6-8-14/h4-10,29H,3,11H2,1-2H3,(H,27,31). The molecule has 3 rings (SSSR count). The molecule has 2 aromatic rings. The molecule has 1 aliphatic heterocycles. The van der Waals surface area contributed by atoms with Gasteiger partial charge in [-0.25, -0.2) is 4.39 Å². The number of anilines is 1. The number of aliphatic hydroxyl groups excluding tert-OH is 1. The lowest BCUT2D eigenvalue weighted by Gasteiger charge is -2.41. The molecule has 1 aliphatic rings.